The van der Waals surface area contributed by atoms with Gasteiger partial charge in [-0.05, 0) is 49.6 Å². The first kappa shape index (κ1) is 19.5. The van der Waals surface area contributed by atoms with Gasteiger partial charge in [0.2, 0.25) is 0 Å². The Morgan fingerprint density at radius 1 is 1.10 bits per heavy atom. The van der Waals surface area contributed by atoms with Crippen molar-refractivity contribution < 1.29 is 9.47 Å². The van der Waals surface area contributed by atoms with Crippen molar-refractivity contribution in [3.63, 3.8) is 0 Å². The minimum absolute atomic E-state index is 0.460. The summed E-state index contributed by atoms with van der Waals surface area (Å²) in [5.74, 6) is 2.02. The van der Waals surface area contributed by atoms with Gasteiger partial charge in [0.05, 0.1) is 20.4 Å². The normalized spacial score (nSPS) is 17.3. The lowest BCUT2D eigenvalue weighted by Crippen LogP contribution is -2.34. The Labute approximate surface area is 172 Å². The highest BCUT2D eigenvalue weighted by molar-refractivity contribution is 5.66. The van der Waals surface area contributed by atoms with Crippen molar-refractivity contribution in [2.24, 2.45) is 0 Å². The van der Waals surface area contributed by atoms with Gasteiger partial charge in [0.1, 0.15) is 0 Å². The SMILES string of the molecule is COc1ccc(CN2CCCC(c3[nH]ncc3-c3cccc(C)c3)C2)cc1OC. The minimum Gasteiger partial charge on any atom is -0.493 e. The number of methoxy groups -OCH3 is 2. The molecule has 0 spiro atoms. The maximum Gasteiger partial charge on any atom is 0.161 e. The molecule has 1 aliphatic rings. The van der Waals surface area contributed by atoms with Crippen LogP contribution in [0.4, 0.5) is 0 Å². The molecule has 152 valence electrons. The van der Waals surface area contributed by atoms with Gasteiger partial charge in [-0.1, -0.05) is 35.9 Å². The third kappa shape index (κ3) is 4.30. The number of aromatic amines is 1. The fourth-order valence-electron chi connectivity index (χ4n) is 4.32. The van der Waals surface area contributed by atoms with Crippen molar-refractivity contribution in [2.45, 2.75) is 32.2 Å². The molecule has 1 unspecified atom stereocenters. The van der Waals surface area contributed by atoms with Gasteiger partial charge >= 0.3 is 0 Å². The molecule has 0 bridgehead atoms. The molecule has 3 aromatic rings. The summed E-state index contributed by atoms with van der Waals surface area (Å²) in [4.78, 5) is 2.52. The van der Waals surface area contributed by atoms with Crippen LogP contribution in [0.5, 0.6) is 11.5 Å². The van der Waals surface area contributed by atoms with Crippen LogP contribution >= 0.6 is 0 Å². The summed E-state index contributed by atoms with van der Waals surface area (Å²) in [6.45, 7) is 5.17. The van der Waals surface area contributed by atoms with E-state index in [2.05, 4.69) is 58.4 Å². The molecule has 1 aromatic heterocycles. The number of hydrogen-bond donors (Lipinski definition) is 1. The minimum atomic E-state index is 0.460. The predicted octanol–water partition coefficient (Wildman–Crippen LogP) is 4.78. The van der Waals surface area contributed by atoms with Crippen molar-refractivity contribution in [1.82, 2.24) is 15.1 Å². The second kappa shape index (κ2) is 8.70. The van der Waals surface area contributed by atoms with E-state index in [1.165, 1.54) is 40.8 Å². The van der Waals surface area contributed by atoms with E-state index in [0.717, 1.165) is 31.1 Å². The van der Waals surface area contributed by atoms with Crippen molar-refractivity contribution in [3.05, 3.63) is 65.5 Å². The largest absolute Gasteiger partial charge is 0.493 e. The van der Waals surface area contributed by atoms with Crippen LogP contribution in [0.3, 0.4) is 0 Å². The average Bonchev–Trinajstić information content (AvgIpc) is 3.24. The van der Waals surface area contributed by atoms with Crippen molar-refractivity contribution >= 4 is 0 Å². The molecule has 0 radical (unpaired) electrons. The van der Waals surface area contributed by atoms with E-state index < -0.39 is 0 Å². The first-order valence-electron chi connectivity index (χ1n) is 10.2. The van der Waals surface area contributed by atoms with Crippen LogP contribution in [0, 0.1) is 6.92 Å². The van der Waals surface area contributed by atoms with Crippen LogP contribution in [-0.4, -0.2) is 42.4 Å². The lowest BCUT2D eigenvalue weighted by molar-refractivity contribution is 0.198. The Bertz CT molecular complexity index is 966. The first-order valence-corrected chi connectivity index (χ1v) is 10.2. The third-order valence-corrected chi connectivity index (χ3v) is 5.77. The van der Waals surface area contributed by atoms with Crippen molar-refractivity contribution in [1.29, 1.82) is 0 Å². The molecule has 5 nitrogen and oxygen atoms in total. The number of H-pyrrole nitrogens is 1. The summed E-state index contributed by atoms with van der Waals surface area (Å²) < 4.78 is 10.8. The second-order valence-corrected chi connectivity index (χ2v) is 7.83. The molecule has 1 saturated heterocycles. The van der Waals surface area contributed by atoms with E-state index in [0.29, 0.717) is 5.92 Å². The molecule has 1 atom stereocenters. The Hall–Kier alpha value is -2.79. The quantitative estimate of drug-likeness (QED) is 0.657. The zero-order chi connectivity index (χ0) is 20.2. The van der Waals surface area contributed by atoms with Gasteiger partial charge in [0.25, 0.3) is 0 Å². The number of piperidine rings is 1. The molecule has 2 heterocycles. The number of nitrogens with one attached hydrogen (secondary N) is 1. The molecule has 0 amide bonds. The number of nitrogens with zero attached hydrogens (tertiary/aromatic N) is 2. The van der Waals surface area contributed by atoms with Crippen LogP contribution in [0.2, 0.25) is 0 Å². The van der Waals surface area contributed by atoms with Crippen LogP contribution in [0.25, 0.3) is 11.1 Å². The molecule has 0 saturated carbocycles. The van der Waals surface area contributed by atoms with E-state index in [-0.39, 0.29) is 0 Å². The van der Waals surface area contributed by atoms with Crippen LogP contribution < -0.4 is 9.47 Å². The average molecular weight is 392 g/mol. The second-order valence-electron chi connectivity index (χ2n) is 7.83. The number of rotatable bonds is 6. The van der Waals surface area contributed by atoms with Gasteiger partial charge in [-0.25, -0.2) is 0 Å². The van der Waals surface area contributed by atoms with E-state index in [1.54, 1.807) is 14.2 Å². The standard InChI is InChI=1S/C24H29N3O2/c1-17-6-4-7-19(12-17)21-14-25-26-24(21)20-8-5-11-27(16-20)15-18-9-10-22(28-2)23(13-18)29-3/h4,6-7,9-10,12-14,20H,5,8,11,15-16H2,1-3H3,(H,25,26). The number of likely N-dealkylation sites (tertiary alicyclic amines) is 1. The fraction of sp³-hybridized carbons (Fsp3) is 0.375. The number of aromatic nitrogens is 2. The first-order chi connectivity index (χ1) is 14.2. The predicted molar refractivity (Wildman–Crippen MR) is 116 cm³/mol. The smallest absolute Gasteiger partial charge is 0.161 e. The van der Waals surface area contributed by atoms with Crippen molar-refractivity contribution in [3.8, 4) is 22.6 Å². The maximum atomic E-state index is 5.46. The molecule has 1 fully saturated rings. The van der Waals surface area contributed by atoms with Gasteiger partial charge in [-0.2, -0.15) is 5.10 Å². The summed E-state index contributed by atoms with van der Waals surface area (Å²) in [6.07, 6.45) is 4.34. The van der Waals surface area contributed by atoms with E-state index in [9.17, 15) is 0 Å². The summed E-state index contributed by atoms with van der Waals surface area (Å²) in [7, 11) is 3.35. The summed E-state index contributed by atoms with van der Waals surface area (Å²) in [6, 6.07) is 14.8. The molecule has 1 N–H and O–H groups in total. The summed E-state index contributed by atoms with van der Waals surface area (Å²) in [5.41, 5.74) is 6.24. The van der Waals surface area contributed by atoms with Gasteiger partial charge < -0.3 is 9.47 Å². The fourth-order valence-corrected chi connectivity index (χ4v) is 4.32. The molecule has 0 aliphatic carbocycles. The Morgan fingerprint density at radius 3 is 2.76 bits per heavy atom. The highest BCUT2D eigenvalue weighted by Crippen LogP contribution is 2.34. The Balaban J connectivity index is 1.51. The van der Waals surface area contributed by atoms with E-state index in [4.69, 9.17) is 9.47 Å². The number of aryl methyl sites for hydroxylation is 1. The topological polar surface area (TPSA) is 50.4 Å². The lowest BCUT2D eigenvalue weighted by Gasteiger charge is -2.32. The third-order valence-electron chi connectivity index (χ3n) is 5.77. The monoisotopic (exact) mass is 391 g/mol. The molecule has 2 aromatic carbocycles. The molecule has 4 rings (SSSR count). The Kier molecular flexibility index (Phi) is 5.86. The molecular weight excluding hydrogens is 362 g/mol. The summed E-state index contributed by atoms with van der Waals surface area (Å²) in [5, 5.41) is 7.68. The molecule has 29 heavy (non-hydrogen) atoms. The number of benzene rings is 2. The highest BCUT2D eigenvalue weighted by atomic mass is 16.5. The van der Waals surface area contributed by atoms with Gasteiger partial charge in [-0.3, -0.25) is 10.00 Å². The zero-order valence-electron chi connectivity index (χ0n) is 17.4. The van der Waals surface area contributed by atoms with Gasteiger partial charge in [0, 0.05) is 30.3 Å². The molecule has 1 aliphatic heterocycles. The van der Waals surface area contributed by atoms with Gasteiger partial charge in [0.15, 0.2) is 11.5 Å². The number of hydrogen-bond acceptors (Lipinski definition) is 4. The van der Waals surface area contributed by atoms with Gasteiger partial charge in [-0.15, -0.1) is 0 Å². The molecular formula is C24H29N3O2. The Morgan fingerprint density at radius 2 is 1.97 bits per heavy atom. The summed E-state index contributed by atoms with van der Waals surface area (Å²) >= 11 is 0. The maximum absolute atomic E-state index is 5.46. The van der Waals surface area contributed by atoms with E-state index >= 15 is 0 Å². The lowest BCUT2D eigenvalue weighted by atomic mass is 9.90. The molecule has 5 heteroatoms. The van der Waals surface area contributed by atoms with Crippen LogP contribution in [0.1, 0.15) is 35.6 Å². The van der Waals surface area contributed by atoms with Crippen molar-refractivity contribution in [2.75, 3.05) is 27.3 Å². The van der Waals surface area contributed by atoms with E-state index in [1.807, 2.05) is 12.3 Å². The van der Waals surface area contributed by atoms with Crippen LogP contribution in [0.15, 0.2) is 48.7 Å². The van der Waals surface area contributed by atoms with Crippen LogP contribution in [-0.2, 0) is 6.54 Å². The zero-order valence-corrected chi connectivity index (χ0v) is 17.4. The highest BCUT2D eigenvalue weighted by Gasteiger charge is 2.25. The number of ether oxygens (including phenoxy) is 2.